The summed E-state index contributed by atoms with van der Waals surface area (Å²) in [5.74, 6) is -1.86. The molecule has 0 saturated carbocycles. The van der Waals surface area contributed by atoms with Crippen molar-refractivity contribution in [3.63, 3.8) is 0 Å². The van der Waals surface area contributed by atoms with Crippen LogP contribution in [0.25, 0.3) is 0 Å². The third kappa shape index (κ3) is 4.21. The third-order valence-electron chi connectivity index (χ3n) is 4.95. The van der Waals surface area contributed by atoms with Crippen LogP contribution in [-0.2, 0) is 29.6 Å². The van der Waals surface area contributed by atoms with Crippen molar-refractivity contribution in [3.05, 3.63) is 41.5 Å². The van der Waals surface area contributed by atoms with E-state index in [1.807, 2.05) is 25.7 Å². The number of carboxylic acid groups (broad SMARTS) is 1. The highest BCUT2D eigenvalue weighted by Gasteiger charge is 2.41. The maximum Gasteiger partial charge on any atom is 0.451 e. The molecule has 0 amide bonds. The van der Waals surface area contributed by atoms with Crippen LogP contribution in [0.4, 0.5) is 18.9 Å². The molecule has 0 saturated heterocycles. The van der Waals surface area contributed by atoms with Crippen LogP contribution < -0.4 is 10.6 Å². The zero-order chi connectivity index (χ0) is 21.6. The fourth-order valence-corrected chi connectivity index (χ4v) is 3.70. The summed E-state index contributed by atoms with van der Waals surface area (Å²) in [5, 5.41) is 16.6. The van der Waals surface area contributed by atoms with Gasteiger partial charge in [0, 0.05) is 18.8 Å². The van der Waals surface area contributed by atoms with Gasteiger partial charge in [-0.05, 0) is 29.5 Å². The lowest BCUT2D eigenvalue weighted by molar-refractivity contribution is -0.147. The normalized spacial score (nSPS) is 17.0. The first kappa shape index (κ1) is 21.1. The number of nitrogens with zero attached hydrogens (tertiary/aromatic N) is 4. The Balaban J connectivity index is 1.82. The van der Waals surface area contributed by atoms with Gasteiger partial charge in [0.15, 0.2) is 5.82 Å². The van der Waals surface area contributed by atoms with Crippen LogP contribution >= 0.6 is 0 Å². The Morgan fingerprint density at radius 1 is 1.14 bits per heavy atom. The number of hydrogen-bond acceptors (Lipinski definition) is 5. The highest BCUT2D eigenvalue weighted by Crippen LogP contribution is 2.35. The van der Waals surface area contributed by atoms with Crippen molar-refractivity contribution in [3.8, 4) is 0 Å². The Bertz CT molecular complexity index is 902. The summed E-state index contributed by atoms with van der Waals surface area (Å²) in [4.78, 5) is 13.7. The van der Waals surface area contributed by atoms with Gasteiger partial charge < -0.3 is 20.3 Å². The van der Waals surface area contributed by atoms with Crippen LogP contribution in [0.1, 0.15) is 44.4 Å². The van der Waals surface area contributed by atoms with E-state index in [1.54, 1.807) is 24.3 Å². The lowest BCUT2D eigenvalue weighted by Gasteiger charge is -2.33. The van der Waals surface area contributed by atoms with Crippen LogP contribution in [-0.4, -0.2) is 32.4 Å². The number of aromatic nitrogens is 3. The minimum Gasteiger partial charge on any atom is -0.480 e. The van der Waals surface area contributed by atoms with Crippen molar-refractivity contribution >= 4 is 11.7 Å². The van der Waals surface area contributed by atoms with Crippen LogP contribution in [0, 0.1) is 5.41 Å². The first-order valence-corrected chi connectivity index (χ1v) is 9.18. The zero-order valence-electron chi connectivity index (χ0n) is 16.5. The smallest absolute Gasteiger partial charge is 0.451 e. The van der Waals surface area contributed by atoms with Crippen molar-refractivity contribution < 1.29 is 23.1 Å². The summed E-state index contributed by atoms with van der Waals surface area (Å²) in [6, 6.07) is 6.80. The number of anilines is 1. The molecule has 0 fully saturated rings. The van der Waals surface area contributed by atoms with E-state index >= 15 is 0 Å². The molecule has 0 radical (unpaired) electrons. The molecule has 2 aromatic rings. The van der Waals surface area contributed by atoms with E-state index in [9.17, 15) is 23.1 Å². The highest BCUT2D eigenvalue weighted by atomic mass is 19.4. The van der Waals surface area contributed by atoms with Gasteiger partial charge in [0.2, 0.25) is 5.82 Å². The second-order valence-corrected chi connectivity index (χ2v) is 8.57. The number of rotatable bonds is 4. The number of benzene rings is 1. The number of halogens is 3. The molecule has 0 spiro atoms. The molecular weight excluding hydrogens is 387 g/mol. The number of hydrogen-bond donors (Lipinski definition) is 2. The summed E-state index contributed by atoms with van der Waals surface area (Å²) in [6.45, 7) is 6.40. The molecule has 29 heavy (non-hydrogen) atoms. The maximum atomic E-state index is 13.0. The quantitative estimate of drug-likeness (QED) is 0.803. The van der Waals surface area contributed by atoms with Gasteiger partial charge >= 0.3 is 12.1 Å². The Labute approximate surface area is 166 Å². The van der Waals surface area contributed by atoms with Crippen molar-refractivity contribution in [1.29, 1.82) is 0 Å². The largest absolute Gasteiger partial charge is 0.480 e. The van der Waals surface area contributed by atoms with Gasteiger partial charge in [0.1, 0.15) is 5.54 Å². The second-order valence-electron chi connectivity index (χ2n) is 8.57. The zero-order valence-corrected chi connectivity index (χ0v) is 16.5. The topological polar surface area (TPSA) is 97.3 Å². The SMILES string of the molecule is CC(C)(C)C[C@](N)(C(=O)O)c1ccc(N2CCn3c(nnc3C(F)(F)F)C2)cc1. The minimum absolute atomic E-state index is 0.110. The van der Waals surface area contributed by atoms with Gasteiger partial charge in [-0.2, -0.15) is 13.2 Å². The van der Waals surface area contributed by atoms with Crippen LogP contribution in [0.3, 0.4) is 0 Å². The first-order valence-electron chi connectivity index (χ1n) is 9.18. The summed E-state index contributed by atoms with van der Waals surface area (Å²) in [6.07, 6.45) is -4.29. The molecule has 1 atom stereocenters. The van der Waals surface area contributed by atoms with Gasteiger partial charge in [-0.15, -0.1) is 10.2 Å². The van der Waals surface area contributed by atoms with E-state index in [0.717, 1.165) is 10.3 Å². The van der Waals surface area contributed by atoms with Gasteiger partial charge in [-0.25, -0.2) is 4.79 Å². The van der Waals surface area contributed by atoms with Crippen molar-refractivity contribution in [2.24, 2.45) is 11.1 Å². The Morgan fingerprint density at radius 3 is 2.28 bits per heavy atom. The van der Waals surface area contributed by atoms with Crippen LogP contribution in [0.5, 0.6) is 0 Å². The molecule has 0 aliphatic carbocycles. The number of alkyl halides is 3. The van der Waals surface area contributed by atoms with E-state index in [2.05, 4.69) is 10.2 Å². The Kier molecular flexibility index (Phi) is 5.10. The second kappa shape index (κ2) is 7.01. The van der Waals surface area contributed by atoms with Gasteiger partial charge in [-0.3, -0.25) is 0 Å². The van der Waals surface area contributed by atoms with E-state index in [-0.39, 0.29) is 30.7 Å². The molecule has 158 valence electrons. The number of fused-ring (bicyclic) bond motifs is 1. The summed E-state index contributed by atoms with van der Waals surface area (Å²) >= 11 is 0. The standard InChI is InChI=1S/C19H24F3N5O2/c1-17(2,3)11-18(23,16(28)29)12-4-6-13(7-5-12)26-8-9-27-14(10-26)24-25-15(27)19(20,21)22/h4-7H,8-11,23H2,1-3H3,(H,28,29)/t18-/m1/s1. The molecule has 1 aromatic heterocycles. The summed E-state index contributed by atoms with van der Waals surface area (Å²) < 4.78 is 40.0. The highest BCUT2D eigenvalue weighted by molar-refractivity contribution is 5.80. The number of carboxylic acids is 1. The van der Waals surface area contributed by atoms with Crippen LogP contribution in [0.15, 0.2) is 24.3 Å². The van der Waals surface area contributed by atoms with Crippen molar-refractivity contribution in [2.45, 2.75) is 52.0 Å². The average molecular weight is 411 g/mol. The Hall–Kier alpha value is -2.62. The molecule has 0 bridgehead atoms. The molecule has 0 unspecified atom stereocenters. The van der Waals surface area contributed by atoms with Gasteiger partial charge in [-0.1, -0.05) is 32.9 Å². The molecule has 1 aromatic carbocycles. The summed E-state index contributed by atoms with van der Waals surface area (Å²) in [5.41, 5.74) is 5.65. The molecule has 2 heterocycles. The predicted molar refractivity (Wildman–Crippen MR) is 100 cm³/mol. The van der Waals surface area contributed by atoms with Crippen LogP contribution in [0.2, 0.25) is 0 Å². The average Bonchev–Trinajstić information content (AvgIpc) is 3.03. The summed E-state index contributed by atoms with van der Waals surface area (Å²) in [7, 11) is 0. The lowest BCUT2D eigenvalue weighted by Crippen LogP contribution is -2.47. The van der Waals surface area contributed by atoms with E-state index in [0.29, 0.717) is 12.1 Å². The fourth-order valence-electron chi connectivity index (χ4n) is 3.70. The number of carbonyl (C=O) groups is 1. The lowest BCUT2D eigenvalue weighted by atomic mass is 9.76. The first-order chi connectivity index (χ1) is 13.3. The molecular formula is C19H24F3N5O2. The van der Waals surface area contributed by atoms with Gasteiger partial charge in [0.25, 0.3) is 0 Å². The fraction of sp³-hybridized carbons (Fsp3) is 0.526. The number of nitrogens with two attached hydrogens (primary N) is 1. The maximum absolute atomic E-state index is 13.0. The minimum atomic E-state index is -4.54. The van der Waals surface area contributed by atoms with Gasteiger partial charge in [0.05, 0.1) is 6.54 Å². The van der Waals surface area contributed by atoms with Crippen molar-refractivity contribution in [1.82, 2.24) is 14.8 Å². The third-order valence-corrected chi connectivity index (χ3v) is 4.95. The Morgan fingerprint density at radius 2 is 1.76 bits per heavy atom. The molecule has 1 aliphatic heterocycles. The van der Waals surface area contributed by atoms with E-state index < -0.39 is 23.5 Å². The van der Waals surface area contributed by atoms with E-state index in [4.69, 9.17) is 5.73 Å². The number of aliphatic carboxylic acids is 1. The molecule has 7 nitrogen and oxygen atoms in total. The molecule has 3 rings (SSSR count). The molecule has 3 N–H and O–H groups in total. The molecule has 10 heteroatoms. The monoisotopic (exact) mass is 411 g/mol. The molecule has 1 aliphatic rings. The van der Waals surface area contributed by atoms with Crippen molar-refractivity contribution in [2.75, 3.05) is 11.4 Å². The predicted octanol–water partition coefficient (Wildman–Crippen LogP) is 2.99. The van der Waals surface area contributed by atoms with E-state index in [1.165, 1.54) is 0 Å².